The van der Waals surface area contributed by atoms with Gasteiger partial charge in [-0.3, -0.25) is 9.69 Å². The predicted molar refractivity (Wildman–Crippen MR) is 62.1 cm³/mol. The van der Waals surface area contributed by atoms with Crippen molar-refractivity contribution in [2.75, 3.05) is 39.3 Å². The molecular weight excluding hydrogens is 204 g/mol. The Labute approximate surface area is 97.2 Å². The van der Waals surface area contributed by atoms with E-state index in [2.05, 4.69) is 4.90 Å². The van der Waals surface area contributed by atoms with Crippen molar-refractivity contribution in [3.05, 3.63) is 0 Å². The summed E-state index contributed by atoms with van der Waals surface area (Å²) in [5.74, 6) is 1.18. The SMILES string of the molecule is O=C(CCC1CC1)N1CCN(CCO)CC1. The van der Waals surface area contributed by atoms with Crippen LogP contribution in [0.2, 0.25) is 0 Å². The van der Waals surface area contributed by atoms with Crippen molar-refractivity contribution < 1.29 is 9.90 Å². The van der Waals surface area contributed by atoms with E-state index < -0.39 is 0 Å². The van der Waals surface area contributed by atoms with Gasteiger partial charge in [0.15, 0.2) is 0 Å². The summed E-state index contributed by atoms with van der Waals surface area (Å²) in [7, 11) is 0. The molecule has 2 rings (SSSR count). The Bertz CT molecular complexity index is 233. The lowest BCUT2D eigenvalue weighted by Crippen LogP contribution is -2.49. The van der Waals surface area contributed by atoms with Crippen LogP contribution < -0.4 is 0 Å². The summed E-state index contributed by atoms with van der Waals surface area (Å²) >= 11 is 0. The van der Waals surface area contributed by atoms with Gasteiger partial charge in [-0.1, -0.05) is 12.8 Å². The van der Waals surface area contributed by atoms with Crippen molar-refractivity contribution in [3.8, 4) is 0 Å². The molecule has 4 heteroatoms. The molecule has 0 aromatic rings. The van der Waals surface area contributed by atoms with E-state index in [0.29, 0.717) is 5.91 Å². The predicted octanol–water partition coefficient (Wildman–Crippen LogP) is 0.313. The summed E-state index contributed by atoms with van der Waals surface area (Å²) in [6.45, 7) is 4.46. The normalized spacial score (nSPS) is 22.4. The Morgan fingerprint density at radius 1 is 1.19 bits per heavy atom. The number of amides is 1. The topological polar surface area (TPSA) is 43.8 Å². The van der Waals surface area contributed by atoms with Gasteiger partial charge < -0.3 is 10.0 Å². The number of carbonyl (C=O) groups is 1. The van der Waals surface area contributed by atoms with Crippen LogP contribution in [0, 0.1) is 5.92 Å². The Kier molecular flexibility index (Phi) is 4.18. The summed E-state index contributed by atoms with van der Waals surface area (Å²) in [4.78, 5) is 16.0. The van der Waals surface area contributed by atoms with Crippen molar-refractivity contribution in [3.63, 3.8) is 0 Å². The number of piperazine rings is 1. The van der Waals surface area contributed by atoms with Crippen LogP contribution in [0.3, 0.4) is 0 Å². The zero-order valence-electron chi connectivity index (χ0n) is 9.90. The molecule has 1 saturated carbocycles. The van der Waals surface area contributed by atoms with Crippen molar-refractivity contribution in [2.45, 2.75) is 25.7 Å². The molecule has 1 aliphatic carbocycles. The maximum absolute atomic E-state index is 11.9. The zero-order chi connectivity index (χ0) is 11.4. The third kappa shape index (κ3) is 3.46. The average Bonchev–Trinajstić information content (AvgIpc) is 3.11. The fourth-order valence-electron chi connectivity index (χ4n) is 2.25. The van der Waals surface area contributed by atoms with Crippen LogP contribution in [-0.2, 0) is 4.79 Å². The minimum Gasteiger partial charge on any atom is -0.395 e. The van der Waals surface area contributed by atoms with Gasteiger partial charge in [0, 0.05) is 39.1 Å². The van der Waals surface area contributed by atoms with E-state index in [1.807, 2.05) is 4.90 Å². The highest BCUT2D eigenvalue weighted by Crippen LogP contribution is 2.33. The molecule has 0 atom stereocenters. The van der Waals surface area contributed by atoms with E-state index in [9.17, 15) is 4.79 Å². The van der Waals surface area contributed by atoms with Crippen molar-refractivity contribution >= 4 is 5.91 Å². The fraction of sp³-hybridized carbons (Fsp3) is 0.917. The van der Waals surface area contributed by atoms with Crippen molar-refractivity contribution in [1.82, 2.24) is 9.80 Å². The molecule has 0 bridgehead atoms. The number of β-amino-alcohol motifs (C(OH)–C–C–N with tert-alkyl or cyclic N) is 1. The quantitative estimate of drug-likeness (QED) is 0.734. The summed E-state index contributed by atoms with van der Waals surface area (Å²) in [5.41, 5.74) is 0. The number of rotatable bonds is 5. The lowest BCUT2D eigenvalue weighted by Gasteiger charge is -2.34. The van der Waals surface area contributed by atoms with Gasteiger partial charge in [0.1, 0.15) is 0 Å². The summed E-state index contributed by atoms with van der Waals surface area (Å²) in [6, 6.07) is 0. The maximum Gasteiger partial charge on any atom is 0.222 e. The molecule has 92 valence electrons. The Hall–Kier alpha value is -0.610. The number of nitrogens with zero attached hydrogens (tertiary/aromatic N) is 2. The monoisotopic (exact) mass is 226 g/mol. The minimum atomic E-state index is 0.218. The first-order chi connectivity index (χ1) is 7.79. The molecule has 2 aliphatic rings. The van der Waals surface area contributed by atoms with Gasteiger partial charge in [-0.2, -0.15) is 0 Å². The number of hydrogen-bond donors (Lipinski definition) is 1. The third-order valence-corrected chi connectivity index (χ3v) is 3.60. The highest BCUT2D eigenvalue weighted by atomic mass is 16.3. The Morgan fingerprint density at radius 3 is 2.44 bits per heavy atom. The van der Waals surface area contributed by atoms with Crippen LogP contribution >= 0.6 is 0 Å². The van der Waals surface area contributed by atoms with Gasteiger partial charge in [0.25, 0.3) is 0 Å². The smallest absolute Gasteiger partial charge is 0.222 e. The highest BCUT2D eigenvalue weighted by Gasteiger charge is 2.25. The van der Waals surface area contributed by atoms with Crippen LogP contribution in [0.1, 0.15) is 25.7 Å². The van der Waals surface area contributed by atoms with Crippen LogP contribution in [-0.4, -0.2) is 60.1 Å². The van der Waals surface area contributed by atoms with E-state index in [-0.39, 0.29) is 6.61 Å². The van der Waals surface area contributed by atoms with Crippen molar-refractivity contribution in [1.29, 1.82) is 0 Å². The number of aliphatic hydroxyl groups excluding tert-OH is 1. The largest absolute Gasteiger partial charge is 0.395 e. The maximum atomic E-state index is 11.9. The molecule has 2 fully saturated rings. The molecule has 16 heavy (non-hydrogen) atoms. The molecule has 0 aromatic carbocycles. The van der Waals surface area contributed by atoms with Gasteiger partial charge >= 0.3 is 0 Å². The first-order valence-electron chi connectivity index (χ1n) is 6.40. The fourth-order valence-corrected chi connectivity index (χ4v) is 2.25. The van der Waals surface area contributed by atoms with Crippen LogP contribution in [0.25, 0.3) is 0 Å². The summed E-state index contributed by atoms with van der Waals surface area (Å²) in [6.07, 6.45) is 4.50. The average molecular weight is 226 g/mol. The van der Waals surface area contributed by atoms with Crippen LogP contribution in [0.4, 0.5) is 0 Å². The summed E-state index contributed by atoms with van der Waals surface area (Å²) in [5, 5.41) is 8.82. The molecule has 1 heterocycles. The molecule has 1 amide bonds. The molecule has 1 saturated heterocycles. The van der Waals surface area contributed by atoms with E-state index in [1.165, 1.54) is 12.8 Å². The second kappa shape index (κ2) is 5.64. The molecule has 1 N–H and O–H groups in total. The van der Waals surface area contributed by atoms with E-state index in [0.717, 1.165) is 51.5 Å². The summed E-state index contributed by atoms with van der Waals surface area (Å²) < 4.78 is 0. The van der Waals surface area contributed by atoms with E-state index in [1.54, 1.807) is 0 Å². The first-order valence-corrected chi connectivity index (χ1v) is 6.40. The van der Waals surface area contributed by atoms with Gasteiger partial charge in [0.2, 0.25) is 5.91 Å². The van der Waals surface area contributed by atoms with Gasteiger partial charge in [-0.25, -0.2) is 0 Å². The number of carbonyl (C=O) groups excluding carboxylic acids is 1. The molecule has 1 aliphatic heterocycles. The highest BCUT2D eigenvalue weighted by molar-refractivity contribution is 5.76. The minimum absolute atomic E-state index is 0.218. The third-order valence-electron chi connectivity index (χ3n) is 3.60. The van der Waals surface area contributed by atoms with E-state index >= 15 is 0 Å². The lowest BCUT2D eigenvalue weighted by atomic mass is 10.2. The first kappa shape index (κ1) is 11.9. The number of aliphatic hydroxyl groups is 1. The Balaban J connectivity index is 1.64. The Morgan fingerprint density at radius 2 is 1.88 bits per heavy atom. The molecule has 0 spiro atoms. The molecule has 0 unspecified atom stereocenters. The second-order valence-corrected chi connectivity index (χ2v) is 4.93. The standard InChI is InChI=1S/C12H22N2O2/c15-10-9-13-5-7-14(8-6-13)12(16)4-3-11-1-2-11/h11,15H,1-10H2. The number of hydrogen-bond acceptors (Lipinski definition) is 3. The second-order valence-electron chi connectivity index (χ2n) is 4.93. The van der Waals surface area contributed by atoms with Crippen LogP contribution in [0.5, 0.6) is 0 Å². The molecule has 4 nitrogen and oxygen atoms in total. The van der Waals surface area contributed by atoms with Crippen LogP contribution in [0.15, 0.2) is 0 Å². The van der Waals surface area contributed by atoms with Gasteiger partial charge in [0.05, 0.1) is 6.61 Å². The molecule has 0 radical (unpaired) electrons. The van der Waals surface area contributed by atoms with E-state index in [4.69, 9.17) is 5.11 Å². The van der Waals surface area contributed by atoms with Crippen molar-refractivity contribution in [2.24, 2.45) is 5.92 Å². The van der Waals surface area contributed by atoms with Gasteiger partial charge in [-0.05, 0) is 12.3 Å². The zero-order valence-corrected chi connectivity index (χ0v) is 9.90. The molecular formula is C12H22N2O2. The molecule has 0 aromatic heterocycles. The van der Waals surface area contributed by atoms with Gasteiger partial charge in [-0.15, -0.1) is 0 Å². The lowest BCUT2D eigenvalue weighted by molar-refractivity contribution is -0.133.